The summed E-state index contributed by atoms with van der Waals surface area (Å²) in [6.45, 7) is 1.60. The molecule has 0 aliphatic heterocycles. The van der Waals surface area contributed by atoms with Crippen molar-refractivity contribution < 1.29 is 17.7 Å². The second-order valence-electron chi connectivity index (χ2n) is 3.89. The third kappa shape index (κ3) is 2.19. The lowest BCUT2D eigenvalue weighted by Crippen LogP contribution is -2.09. The molecule has 1 aromatic carbocycles. The second kappa shape index (κ2) is 4.38. The van der Waals surface area contributed by atoms with Gasteiger partial charge in [-0.15, -0.1) is 0 Å². The van der Waals surface area contributed by atoms with E-state index in [4.69, 9.17) is 4.52 Å². The summed E-state index contributed by atoms with van der Waals surface area (Å²) in [4.78, 5) is 12.2. The number of carbonyl (C=O) groups excluding carboxylic acids is 1. The van der Waals surface area contributed by atoms with Crippen LogP contribution in [-0.4, -0.2) is 25.6 Å². The Bertz CT molecular complexity index is 700. The van der Waals surface area contributed by atoms with Crippen molar-refractivity contribution in [3.63, 3.8) is 0 Å². The molecule has 18 heavy (non-hydrogen) atoms. The molecule has 0 radical (unpaired) electrons. The van der Waals surface area contributed by atoms with Gasteiger partial charge in [0, 0.05) is 11.8 Å². The molecule has 94 valence electrons. The van der Waals surface area contributed by atoms with Gasteiger partial charge < -0.3 is 4.52 Å². The van der Waals surface area contributed by atoms with Crippen molar-refractivity contribution in [3.8, 4) is 0 Å². The van der Waals surface area contributed by atoms with E-state index in [9.17, 15) is 13.2 Å². The number of hydrogen-bond donors (Lipinski definition) is 0. The van der Waals surface area contributed by atoms with Gasteiger partial charge in [-0.2, -0.15) is 0 Å². The Morgan fingerprint density at radius 3 is 2.44 bits per heavy atom. The van der Waals surface area contributed by atoms with E-state index < -0.39 is 15.6 Å². The summed E-state index contributed by atoms with van der Waals surface area (Å²) >= 11 is 0. The first-order valence-electron chi connectivity index (χ1n) is 5.16. The Morgan fingerprint density at radius 2 is 1.89 bits per heavy atom. The molecule has 0 atom stereocenters. The first kappa shape index (κ1) is 12.5. The van der Waals surface area contributed by atoms with Gasteiger partial charge in [-0.3, -0.25) is 4.79 Å². The number of carbonyl (C=O) groups is 1. The molecule has 0 spiro atoms. The molecule has 0 N–H and O–H groups in total. The summed E-state index contributed by atoms with van der Waals surface area (Å²) in [5, 5.41) is 3.51. The first-order chi connectivity index (χ1) is 8.41. The first-order valence-corrected chi connectivity index (χ1v) is 7.05. The fourth-order valence-corrected chi connectivity index (χ4v) is 2.53. The second-order valence-corrected chi connectivity index (χ2v) is 5.88. The fourth-order valence-electron chi connectivity index (χ4n) is 1.64. The standard InChI is InChI=1S/C12H11NO4S/c1-8-10(7-13-17-8)12(14)9-5-3-4-6-11(9)18(2,15)16/h3-7H,1-2H3. The number of hydrogen-bond acceptors (Lipinski definition) is 5. The highest BCUT2D eigenvalue weighted by atomic mass is 32.2. The van der Waals surface area contributed by atoms with Gasteiger partial charge in [-0.25, -0.2) is 8.42 Å². The van der Waals surface area contributed by atoms with Gasteiger partial charge >= 0.3 is 0 Å². The molecular weight excluding hydrogens is 254 g/mol. The minimum Gasteiger partial charge on any atom is -0.361 e. The van der Waals surface area contributed by atoms with Gasteiger partial charge in [-0.05, 0) is 19.1 Å². The normalized spacial score (nSPS) is 11.4. The number of aromatic nitrogens is 1. The summed E-state index contributed by atoms with van der Waals surface area (Å²) in [5.74, 6) is -0.0434. The van der Waals surface area contributed by atoms with Crippen LogP contribution in [0.5, 0.6) is 0 Å². The van der Waals surface area contributed by atoms with Crippen molar-refractivity contribution in [2.75, 3.05) is 6.26 Å². The maximum absolute atomic E-state index is 12.2. The molecule has 0 amide bonds. The highest BCUT2D eigenvalue weighted by Crippen LogP contribution is 2.20. The summed E-state index contributed by atoms with van der Waals surface area (Å²) in [7, 11) is -3.45. The monoisotopic (exact) mass is 265 g/mol. The van der Waals surface area contributed by atoms with Gasteiger partial charge in [0.15, 0.2) is 15.6 Å². The van der Waals surface area contributed by atoms with Crippen molar-refractivity contribution in [2.45, 2.75) is 11.8 Å². The lowest BCUT2D eigenvalue weighted by Gasteiger charge is -2.05. The van der Waals surface area contributed by atoms with Crippen LogP contribution in [0.2, 0.25) is 0 Å². The number of nitrogens with zero attached hydrogens (tertiary/aromatic N) is 1. The molecular formula is C12H11NO4S. The largest absolute Gasteiger partial charge is 0.361 e. The molecule has 6 heteroatoms. The lowest BCUT2D eigenvalue weighted by molar-refractivity contribution is 0.103. The molecule has 1 aromatic heterocycles. The Hall–Kier alpha value is -1.95. The Labute approximate surface area is 104 Å². The molecule has 0 aliphatic carbocycles. The lowest BCUT2D eigenvalue weighted by atomic mass is 10.0. The maximum Gasteiger partial charge on any atom is 0.199 e. The van der Waals surface area contributed by atoms with Crippen molar-refractivity contribution in [1.82, 2.24) is 5.16 Å². The van der Waals surface area contributed by atoms with E-state index in [0.29, 0.717) is 5.76 Å². The minimum atomic E-state index is -3.45. The van der Waals surface area contributed by atoms with Crippen molar-refractivity contribution >= 4 is 15.6 Å². The Morgan fingerprint density at radius 1 is 1.22 bits per heavy atom. The SMILES string of the molecule is Cc1oncc1C(=O)c1ccccc1S(C)(=O)=O. The Kier molecular flexibility index (Phi) is 3.04. The average molecular weight is 265 g/mol. The topological polar surface area (TPSA) is 77.2 Å². The zero-order valence-electron chi connectivity index (χ0n) is 9.88. The average Bonchev–Trinajstić information content (AvgIpc) is 2.73. The minimum absolute atomic E-state index is 0.00981. The van der Waals surface area contributed by atoms with Crippen LogP contribution >= 0.6 is 0 Å². The molecule has 2 aromatic rings. The summed E-state index contributed by atoms with van der Waals surface area (Å²) in [6, 6.07) is 6.08. The summed E-state index contributed by atoms with van der Waals surface area (Å²) in [5.41, 5.74) is 0.400. The van der Waals surface area contributed by atoms with E-state index in [1.165, 1.54) is 18.3 Å². The quantitative estimate of drug-likeness (QED) is 0.788. The molecule has 0 fully saturated rings. The molecule has 2 rings (SSSR count). The van der Waals surface area contributed by atoms with Crippen LogP contribution in [0.25, 0.3) is 0 Å². The predicted molar refractivity (Wildman–Crippen MR) is 64.2 cm³/mol. The van der Waals surface area contributed by atoms with Gasteiger partial charge in [0.2, 0.25) is 0 Å². The zero-order chi connectivity index (χ0) is 13.3. The third-order valence-electron chi connectivity index (χ3n) is 2.53. The number of aryl methyl sites for hydroxylation is 1. The third-order valence-corrected chi connectivity index (χ3v) is 3.68. The highest BCUT2D eigenvalue weighted by molar-refractivity contribution is 7.90. The van der Waals surface area contributed by atoms with Crippen LogP contribution in [0.1, 0.15) is 21.7 Å². The van der Waals surface area contributed by atoms with Crippen LogP contribution < -0.4 is 0 Å². The van der Waals surface area contributed by atoms with E-state index in [1.807, 2.05) is 0 Å². The van der Waals surface area contributed by atoms with E-state index in [-0.39, 0.29) is 16.0 Å². The molecule has 0 unspecified atom stereocenters. The summed E-state index contributed by atoms with van der Waals surface area (Å²) in [6.07, 6.45) is 2.36. The maximum atomic E-state index is 12.2. The smallest absolute Gasteiger partial charge is 0.199 e. The molecule has 0 saturated heterocycles. The van der Waals surface area contributed by atoms with Crippen LogP contribution in [0.4, 0.5) is 0 Å². The van der Waals surface area contributed by atoms with E-state index >= 15 is 0 Å². The predicted octanol–water partition coefficient (Wildman–Crippen LogP) is 1.62. The van der Waals surface area contributed by atoms with Gasteiger partial charge in [0.25, 0.3) is 0 Å². The summed E-state index contributed by atoms with van der Waals surface area (Å²) < 4.78 is 28.1. The van der Waals surface area contributed by atoms with E-state index in [0.717, 1.165) is 6.26 Å². The van der Waals surface area contributed by atoms with Crippen LogP contribution in [0.3, 0.4) is 0 Å². The number of sulfone groups is 1. The van der Waals surface area contributed by atoms with Gasteiger partial charge in [-0.1, -0.05) is 17.3 Å². The van der Waals surface area contributed by atoms with Crippen LogP contribution in [0, 0.1) is 6.92 Å². The van der Waals surface area contributed by atoms with Gasteiger partial charge in [0.1, 0.15) is 5.76 Å². The number of benzene rings is 1. The molecule has 0 bridgehead atoms. The van der Waals surface area contributed by atoms with E-state index in [1.54, 1.807) is 19.1 Å². The van der Waals surface area contributed by atoms with Crippen molar-refractivity contribution in [2.24, 2.45) is 0 Å². The van der Waals surface area contributed by atoms with Crippen molar-refractivity contribution in [3.05, 3.63) is 47.3 Å². The van der Waals surface area contributed by atoms with Gasteiger partial charge in [0.05, 0.1) is 16.7 Å². The molecule has 0 saturated carbocycles. The number of ketones is 1. The number of rotatable bonds is 3. The zero-order valence-corrected chi connectivity index (χ0v) is 10.7. The Balaban J connectivity index is 2.60. The molecule has 0 aliphatic rings. The van der Waals surface area contributed by atoms with E-state index in [2.05, 4.69) is 5.16 Å². The molecule has 1 heterocycles. The highest BCUT2D eigenvalue weighted by Gasteiger charge is 2.22. The van der Waals surface area contributed by atoms with Crippen molar-refractivity contribution in [1.29, 1.82) is 0 Å². The molecule has 5 nitrogen and oxygen atoms in total. The fraction of sp³-hybridized carbons (Fsp3) is 0.167. The van der Waals surface area contributed by atoms with Crippen LogP contribution in [0.15, 0.2) is 39.9 Å². The van der Waals surface area contributed by atoms with Crippen LogP contribution in [-0.2, 0) is 9.84 Å².